The molecule has 3 N–H and O–H groups in total. The molecule has 22 heavy (non-hydrogen) atoms. The van der Waals surface area contributed by atoms with E-state index in [1.165, 1.54) is 0 Å². The first-order valence-electron chi connectivity index (χ1n) is 7.47. The van der Waals surface area contributed by atoms with Crippen molar-refractivity contribution in [2.24, 2.45) is 11.7 Å². The number of nitrogens with zero attached hydrogens (tertiary/aromatic N) is 1. The minimum atomic E-state index is -0.195. The van der Waals surface area contributed by atoms with Gasteiger partial charge in [-0.05, 0) is 43.5 Å². The number of nitrogens with two attached hydrogens (primary N) is 1. The molecule has 1 aromatic heterocycles. The second-order valence-electron chi connectivity index (χ2n) is 6.17. The van der Waals surface area contributed by atoms with E-state index in [2.05, 4.69) is 32.0 Å². The zero-order valence-electron chi connectivity index (χ0n) is 13.6. The van der Waals surface area contributed by atoms with Crippen molar-refractivity contribution in [1.29, 1.82) is 5.41 Å². The quantitative estimate of drug-likeness (QED) is 0.672. The molecule has 0 saturated carbocycles. The van der Waals surface area contributed by atoms with Gasteiger partial charge in [0.15, 0.2) is 0 Å². The number of nitrogens with one attached hydrogen (secondary N) is 1. The zero-order valence-corrected chi connectivity index (χ0v) is 13.6. The van der Waals surface area contributed by atoms with Gasteiger partial charge in [-0.1, -0.05) is 31.5 Å². The normalized spacial score (nSPS) is 11.0. The molecule has 0 aliphatic carbocycles. The van der Waals surface area contributed by atoms with Crippen LogP contribution < -0.4 is 11.3 Å². The molecule has 1 aromatic carbocycles. The third-order valence-electron chi connectivity index (χ3n) is 3.68. The summed E-state index contributed by atoms with van der Waals surface area (Å²) in [5.41, 5.74) is 9.80. The van der Waals surface area contributed by atoms with E-state index in [1.807, 2.05) is 19.9 Å². The molecule has 2 aromatic rings. The van der Waals surface area contributed by atoms with Crippen LogP contribution in [-0.4, -0.2) is 10.4 Å². The largest absolute Gasteiger partial charge is 0.384 e. The highest BCUT2D eigenvalue weighted by Crippen LogP contribution is 2.24. The first kappa shape index (κ1) is 16.0. The van der Waals surface area contributed by atoms with Crippen LogP contribution >= 0.6 is 0 Å². The van der Waals surface area contributed by atoms with Crippen molar-refractivity contribution in [3.8, 4) is 11.3 Å². The second kappa shape index (κ2) is 6.18. The number of hydrogen-bond acceptors (Lipinski definition) is 2. The van der Waals surface area contributed by atoms with Crippen LogP contribution in [-0.2, 0) is 6.54 Å². The Morgan fingerprint density at radius 2 is 1.91 bits per heavy atom. The lowest BCUT2D eigenvalue weighted by molar-refractivity contribution is 0.514. The number of benzene rings is 1. The lowest BCUT2D eigenvalue weighted by atomic mass is 10.0. The SMILES string of the molecule is Cc1ccc(C)c(-c2ccc(C(=N)N)c(=O)n2CC(C)C)c1. The maximum atomic E-state index is 12.7. The lowest BCUT2D eigenvalue weighted by Crippen LogP contribution is -2.31. The van der Waals surface area contributed by atoms with Crippen LogP contribution in [0.4, 0.5) is 0 Å². The first-order valence-corrected chi connectivity index (χ1v) is 7.47. The van der Waals surface area contributed by atoms with Gasteiger partial charge in [0.25, 0.3) is 5.56 Å². The number of amidine groups is 1. The molecule has 1 heterocycles. The average Bonchev–Trinajstić information content (AvgIpc) is 2.43. The predicted molar refractivity (Wildman–Crippen MR) is 91.5 cm³/mol. The summed E-state index contributed by atoms with van der Waals surface area (Å²) < 4.78 is 1.74. The molecule has 0 atom stereocenters. The van der Waals surface area contributed by atoms with Gasteiger partial charge < -0.3 is 10.3 Å². The number of hydrogen-bond donors (Lipinski definition) is 2. The Bertz CT molecular complexity index is 772. The van der Waals surface area contributed by atoms with Gasteiger partial charge in [-0.25, -0.2) is 0 Å². The van der Waals surface area contributed by atoms with Crippen molar-refractivity contribution >= 4 is 5.84 Å². The Morgan fingerprint density at radius 3 is 2.50 bits per heavy atom. The topological polar surface area (TPSA) is 71.9 Å². The van der Waals surface area contributed by atoms with E-state index in [9.17, 15) is 4.79 Å². The third-order valence-corrected chi connectivity index (χ3v) is 3.68. The smallest absolute Gasteiger partial charge is 0.262 e. The molecule has 0 fully saturated rings. The molecule has 0 saturated heterocycles. The Balaban J connectivity index is 2.75. The van der Waals surface area contributed by atoms with Crippen LogP contribution in [0.15, 0.2) is 35.1 Å². The first-order chi connectivity index (χ1) is 10.3. The van der Waals surface area contributed by atoms with Gasteiger partial charge in [0.1, 0.15) is 5.84 Å². The molecular weight excluding hydrogens is 274 g/mol. The molecule has 116 valence electrons. The summed E-state index contributed by atoms with van der Waals surface area (Å²) >= 11 is 0. The van der Waals surface area contributed by atoms with Crippen LogP contribution in [0, 0.1) is 25.2 Å². The van der Waals surface area contributed by atoms with Gasteiger partial charge in [0, 0.05) is 12.1 Å². The van der Waals surface area contributed by atoms with Crippen molar-refractivity contribution < 1.29 is 0 Å². The van der Waals surface area contributed by atoms with Crippen molar-refractivity contribution in [3.63, 3.8) is 0 Å². The Kier molecular flexibility index (Phi) is 4.50. The van der Waals surface area contributed by atoms with E-state index in [-0.39, 0.29) is 17.0 Å². The van der Waals surface area contributed by atoms with Crippen molar-refractivity contribution in [2.75, 3.05) is 0 Å². The Morgan fingerprint density at radius 1 is 1.23 bits per heavy atom. The van der Waals surface area contributed by atoms with E-state index in [0.29, 0.717) is 12.5 Å². The summed E-state index contributed by atoms with van der Waals surface area (Å²) in [5, 5.41) is 7.57. The molecule has 0 radical (unpaired) electrons. The highest BCUT2D eigenvalue weighted by atomic mass is 16.1. The molecule has 0 amide bonds. The maximum absolute atomic E-state index is 12.7. The standard InChI is InChI=1S/C18H23N3O/c1-11(2)10-21-16(8-7-14(17(19)20)18(21)22)15-9-12(3)5-6-13(15)4/h5-9,11H,10H2,1-4H3,(H3,19,20). The highest BCUT2D eigenvalue weighted by molar-refractivity contribution is 5.94. The van der Waals surface area contributed by atoms with Gasteiger partial charge in [-0.15, -0.1) is 0 Å². The third kappa shape index (κ3) is 3.11. The van der Waals surface area contributed by atoms with Crippen LogP contribution in [0.5, 0.6) is 0 Å². The van der Waals surface area contributed by atoms with Crippen LogP contribution in [0.2, 0.25) is 0 Å². The van der Waals surface area contributed by atoms with Crippen molar-refractivity contribution in [3.05, 3.63) is 57.4 Å². The van der Waals surface area contributed by atoms with Crippen LogP contribution in [0.1, 0.15) is 30.5 Å². The summed E-state index contributed by atoms with van der Waals surface area (Å²) in [7, 11) is 0. The minimum absolute atomic E-state index is 0.185. The summed E-state index contributed by atoms with van der Waals surface area (Å²) in [6.07, 6.45) is 0. The minimum Gasteiger partial charge on any atom is -0.384 e. The monoisotopic (exact) mass is 297 g/mol. The molecule has 4 heteroatoms. The van der Waals surface area contributed by atoms with E-state index in [1.54, 1.807) is 10.6 Å². The van der Waals surface area contributed by atoms with Gasteiger partial charge >= 0.3 is 0 Å². The molecule has 0 spiro atoms. The fraction of sp³-hybridized carbons (Fsp3) is 0.333. The van der Waals surface area contributed by atoms with Crippen molar-refractivity contribution in [1.82, 2.24) is 4.57 Å². The van der Waals surface area contributed by atoms with Crippen LogP contribution in [0.25, 0.3) is 11.3 Å². The highest BCUT2D eigenvalue weighted by Gasteiger charge is 2.14. The number of aryl methyl sites for hydroxylation is 2. The fourth-order valence-electron chi connectivity index (χ4n) is 2.58. The molecule has 2 rings (SSSR count). The van der Waals surface area contributed by atoms with Crippen molar-refractivity contribution in [2.45, 2.75) is 34.2 Å². The Labute approximate surface area is 131 Å². The lowest BCUT2D eigenvalue weighted by Gasteiger charge is -2.18. The predicted octanol–water partition coefficient (Wildman–Crippen LogP) is 3.07. The van der Waals surface area contributed by atoms with E-state index in [4.69, 9.17) is 11.1 Å². The molecule has 0 bridgehead atoms. The number of rotatable bonds is 4. The van der Waals surface area contributed by atoms with Gasteiger partial charge in [0.05, 0.1) is 11.3 Å². The summed E-state index contributed by atoms with van der Waals surface area (Å²) in [6, 6.07) is 9.76. The molecule has 0 aliphatic rings. The number of nitrogen functional groups attached to an aromatic ring is 1. The number of pyridine rings is 1. The number of aromatic nitrogens is 1. The van der Waals surface area contributed by atoms with Gasteiger partial charge in [-0.3, -0.25) is 10.2 Å². The van der Waals surface area contributed by atoms with E-state index in [0.717, 1.165) is 22.4 Å². The van der Waals surface area contributed by atoms with E-state index >= 15 is 0 Å². The van der Waals surface area contributed by atoms with Gasteiger partial charge in [0.2, 0.25) is 0 Å². The van der Waals surface area contributed by atoms with E-state index < -0.39 is 0 Å². The summed E-state index contributed by atoms with van der Waals surface area (Å²) in [4.78, 5) is 12.7. The fourth-order valence-corrected chi connectivity index (χ4v) is 2.58. The summed E-state index contributed by atoms with van der Waals surface area (Å²) in [5.74, 6) is 0.138. The Hall–Kier alpha value is -2.36. The maximum Gasteiger partial charge on any atom is 0.262 e. The molecule has 4 nitrogen and oxygen atoms in total. The molecule has 0 aliphatic heterocycles. The zero-order chi connectivity index (χ0) is 16.4. The van der Waals surface area contributed by atoms with Crippen LogP contribution in [0.3, 0.4) is 0 Å². The summed E-state index contributed by atoms with van der Waals surface area (Å²) in [6.45, 7) is 8.82. The average molecular weight is 297 g/mol. The molecule has 0 unspecified atom stereocenters. The van der Waals surface area contributed by atoms with Gasteiger partial charge in [-0.2, -0.15) is 0 Å². The molecular formula is C18H23N3O. The second-order valence-corrected chi connectivity index (χ2v) is 6.17.